The van der Waals surface area contributed by atoms with Crippen LogP contribution >= 0.6 is 24.2 Å². The quantitative estimate of drug-likeness (QED) is 0.789. The predicted octanol–water partition coefficient (Wildman–Crippen LogP) is 2.78. The normalized spacial score (nSPS) is 9.46. The monoisotopic (exact) mass is 217 g/mol. The van der Waals surface area contributed by atoms with Gasteiger partial charge in [-0.2, -0.15) is 0 Å². The summed E-state index contributed by atoms with van der Waals surface area (Å²) < 4.78 is 0. The van der Waals surface area contributed by atoms with E-state index in [1.165, 1.54) is 16.0 Å². The van der Waals surface area contributed by atoms with Crippen molar-refractivity contribution in [2.24, 2.45) is 5.73 Å². The first-order valence-corrected chi connectivity index (χ1v) is 5.12. The highest BCUT2D eigenvalue weighted by atomic mass is 35.5. The van der Waals surface area contributed by atoms with E-state index in [0.717, 1.165) is 12.3 Å². The minimum absolute atomic E-state index is 0. The summed E-state index contributed by atoms with van der Waals surface area (Å²) in [5.74, 6) is 1.00. The zero-order valence-electron chi connectivity index (χ0n) is 8.04. The van der Waals surface area contributed by atoms with E-state index in [2.05, 4.69) is 32.0 Å². The molecular formula is C10H16ClNS. The van der Waals surface area contributed by atoms with Crippen molar-refractivity contribution >= 4 is 24.2 Å². The molecule has 0 aromatic heterocycles. The van der Waals surface area contributed by atoms with Crippen molar-refractivity contribution in [3.05, 3.63) is 29.3 Å². The number of hydrogen-bond donors (Lipinski definition) is 1. The van der Waals surface area contributed by atoms with Gasteiger partial charge in [0.25, 0.3) is 0 Å². The van der Waals surface area contributed by atoms with Gasteiger partial charge in [0.2, 0.25) is 0 Å². The van der Waals surface area contributed by atoms with Crippen LogP contribution in [0.2, 0.25) is 0 Å². The van der Waals surface area contributed by atoms with Crippen LogP contribution in [0.5, 0.6) is 0 Å². The fourth-order valence-corrected chi connectivity index (χ4v) is 1.76. The van der Waals surface area contributed by atoms with Crippen molar-refractivity contribution in [1.82, 2.24) is 0 Å². The lowest BCUT2D eigenvalue weighted by Gasteiger charge is -2.03. The fourth-order valence-electron chi connectivity index (χ4n) is 0.980. The molecular weight excluding hydrogens is 202 g/mol. The van der Waals surface area contributed by atoms with Crippen LogP contribution in [0, 0.1) is 13.8 Å². The third kappa shape index (κ3) is 4.03. The van der Waals surface area contributed by atoms with Crippen LogP contribution in [0.15, 0.2) is 23.1 Å². The molecule has 0 aliphatic carbocycles. The number of thioether (sulfide) groups is 1. The molecule has 13 heavy (non-hydrogen) atoms. The second-order valence-electron chi connectivity index (χ2n) is 2.88. The molecule has 0 spiro atoms. The third-order valence-corrected chi connectivity index (χ3v) is 2.89. The summed E-state index contributed by atoms with van der Waals surface area (Å²) >= 11 is 1.82. The van der Waals surface area contributed by atoms with E-state index in [-0.39, 0.29) is 12.4 Å². The van der Waals surface area contributed by atoms with Crippen molar-refractivity contribution in [3.63, 3.8) is 0 Å². The first kappa shape index (κ1) is 12.8. The highest BCUT2D eigenvalue weighted by Crippen LogP contribution is 2.20. The zero-order valence-corrected chi connectivity index (χ0v) is 9.67. The number of nitrogens with two attached hydrogens (primary N) is 1. The molecule has 0 unspecified atom stereocenters. The largest absolute Gasteiger partial charge is 0.330 e. The number of benzene rings is 1. The summed E-state index contributed by atoms with van der Waals surface area (Å²) in [6.45, 7) is 5.02. The van der Waals surface area contributed by atoms with Gasteiger partial charge in [-0.3, -0.25) is 0 Å². The van der Waals surface area contributed by atoms with E-state index in [9.17, 15) is 0 Å². The van der Waals surface area contributed by atoms with Crippen LogP contribution in [-0.2, 0) is 0 Å². The maximum Gasteiger partial charge on any atom is 0.0103 e. The first-order valence-electron chi connectivity index (χ1n) is 4.14. The molecule has 1 aromatic carbocycles. The van der Waals surface area contributed by atoms with E-state index in [0.29, 0.717) is 0 Å². The molecule has 0 saturated carbocycles. The van der Waals surface area contributed by atoms with E-state index >= 15 is 0 Å². The average Bonchev–Trinajstić information content (AvgIpc) is 2.07. The van der Waals surface area contributed by atoms with Gasteiger partial charge in [0.1, 0.15) is 0 Å². The molecule has 0 fully saturated rings. The van der Waals surface area contributed by atoms with Gasteiger partial charge < -0.3 is 5.73 Å². The molecule has 0 radical (unpaired) electrons. The Hall–Kier alpha value is -0.180. The molecule has 0 aliphatic rings. The smallest absolute Gasteiger partial charge is 0.0103 e. The molecule has 1 rings (SSSR count). The van der Waals surface area contributed by atoms with Gasteiger partial charge in [-0.1, -0.05) is 6.07 Å². The van der Waals surface area contributed by atoms with E-state index in [4.69, 9.17) is 5.73 Å². The minimum Gasteiger partial charge on any atom is -0.330 e. The number of rotatable bonds is 3. The molecule has 2 N–H and O–H groups in total. The Morgan fingerprint density at radius 1 is 1.23 bits per heavy atom. The van der Waals surface area contributed by atoms with Gasteiger partial charge in [-0.25, -0.2) is 0 Å². The topological polar surface area (TPSA) is 26.0 Å². The number of aryl methyl sites for hydroxylation is 2. The Morgan fingerprint density at radius 2 is 1.92 bits per heavy atom. The van der Waals surface area contributed by atoms with E-state index in [1.807, 2.05) is 11.8 Å². The maximum atomic E-state index is 5.42. The lowest BCUT2D eigenvalue weighted by Crippen LogP contribution is -2.00. The highest BCUT2D eigenvalue weighted by Gasteiger charge is 1.95. The molecule has 0 aliphatic heterocycles. The summed E-state index contributed by atoms with van der Waals surface area (Å²) in [4.78, 5) is 1.32. The van der Waals surface area contributed by atoms with Crippen LogP contribution < -0.4 is 5.73 Å². The Bertz CT molecular complexity index is 263. The highest BCUT2D eigenvalue weighted by molar-refractivity contribution is 7.99. The molecule has 74 valence electrons. The second-order valence-corrected chi connectivity index (χ2v) is 4.05. The van der Waals surface area contributed by atoms with Crippen molar-refractivity contribution in [2.75, 3.05) is 12.3 Å². The van der Waals surface area contributed by atoms with Crippen molar-refractivity contribution in [3.8, 4) is 0 Å². The summed E-state index contributed by atoms with van der Waals surface area (Å²) in [7, 11) is 0. The molecule has 0 heterocycles. The molecule has 3 heteroatoms. The Labute approximate surface area is 90.5 Å². The van der Waals surface area contributed by atoms with Crippen LogP contribution in [0.3, 0.4) is 0 Å². The molecule has 0 atom stereocenters. The molecule has 0 bridgehead atoms. The van der Waals surface area contributed by atoms with Gasteiger partial charge in [-0.15, -0.1) is 24.2 Å². The van der Waals surface area contributed by atoms with Crippen LogP contribution in [0.1, 0.15) is 11.1 Å². The number of halogens is 1. The Balaban J connectivity index is 0.00000144. The summed E-state index contributed by atoms with van der Waals surface area (Å²) in [5.41, 5.74) is 8.14. The van der Waals surface area contributed by atoms with Crippen LogP contribution in [0.25, 0.3) is 0 Å². The van der Waals surface area contributed by atoms with Gasteiger partial charge in [0.05, 0.1) is 0 Å². The van der Waals surface area contributed by atoms with Gasteiger partial charge in [0, 0.05) is 17.2 Å². The van der Waals surface area contributed by atoms with E-state index in [1.54, 1.807) is 0 Å². The Morgan fingerprint density at radius 3 is 2.46 bits per heavy atom. The van der Waals surface area contributed by atoms with Crippen molar-refractivity contribution in [1.29, 1.82) is 0 Å². The number of hydrogen-bond acceptors (Lipinski definition) is 2. The Kier molecular flexibility index (Phi) is 6.21. The third-order valence-electron chi connectivity index (χ3n) is 1.86. The zero-order chi connectivity index (χ0) is 8.97. The van der Waals surface area contributed by atoms with Crippen LogP contribution in [-0.4, -0.2) is 12.3 Å². The molecule has 1 aromatic rings. The lowest BCUT2D eigenvalue weighted by molar-refractivity contribution is 1.15. The van der Waals surface area contributed by atoms with Gasteiger partial charge in [-0.05, 0) is 37.1 Å². The molecule has 0 amide bonds. The predicted molar refractivity (Wildman–Crippen MR) is 62.9 cm³/mol. The maximum absolute atomic E-state index is 5.42. The van der Waals surface area contributed by atoms with Crippen molar-refractivity contribution in [2.45, 2.75) is 18.7 Å². The summed E-state index contributed by atoms with van der Waals surface area (Å²) in [5, 5.41) is 0. The molecule has 1 nitrogen and oxygen atoms in total. The minimum atomic E-state index is 0. The summed E-state index contributed by atoms with van der Waals surface area (Å²) in [6, 6.07) is 6.53. The van der Waals surface area contributed by atoms with Crippen molar-refractivity contribution < 1.29 is 0 Å². The average molecular weight is 218 g/mol. The van der Waals surface area contributed by atoms with Crippen LogP contribution in [0.4, 0.5) is 0 Å². The second kappa shape index (κ2) is 6.30. The van der Waals surface area contributed by atoms with Gasteiger partial charge in [0.15, 0.2) is 0 Å². The van der Waals surface area contributed by atoms with E-state index < -0.39 is 0 Å². The first-order chi connectivity index (χ1) is 5.74. The molecule has 0 saturated heterocycles. The fraction of sp³-hybridized carbons (Fsp3) is 0.400. The SMILES string of the molecule is Cc1ccc(SCCN)cc1C.Cl. The lowest BCUT2D eigenvalue weighted by atomic mass is 10.1. The summed E-state index contributed by atoms with van der Waals surface area (Å²) in [6.07, 6.45) is 0. The van der Waals surface area contributed by atoms with Gasteiger partial charge >= 0.3 is 0 Å². The standard InChI is InChI=1S/C10H15NS.ClH/c1-8-3-4-10(7-9(8)2)12-6-5-11;/h3-4,7H,5-6,11H2,1-2H3;1H.